The molecule has 0 fully saturated rings. The zero-order chi connectivity index (χ0) is 18.8. The fourth-order valence-corrected chi connectivity index (χ4v) is 3.39. The first-order valence-electron chi connectivity index (χ1n) is 9.27. The molecule has 1 heterocycles. The molecule has 1 unspecified atom stereocenters. The van der Waals surface area contributed by atoms with Crippen LogP contribution < -0.4 is 5.73 Å². The van der Waals surface area contributed by atoms with Gasteiger partial charge in [-0.05, 0) is 43.7 Å². The molecule has 0 saturated heterocycles. The highest BCUT2D eigenvalue weighted by atomic mass is 35.5. The van der Waals surface area contributed by atoms with Crippen molar-refractivity contribution in [2.75, 3.05) is 13.6 Å². The third-order valence-corrected chi connectivity index (χ3v) is 5.21. The molecular weight excluding hydrogens is 367 g/mol. The van der Waals surface area contributed by atoms with E-state index in [9.17, 15) is 9.18 Å². The van der Waals surface area contributed by atoms with Crippen molar-refractivity contribution < 1.29 is 9.18 Å². The van der Waals surface area contributed by atoms with Gasteiger partial charge in [0.2, 0.25) is 0 Å². The summed E-state index contributed by atoms with van der Waals surface area (Å²) >= 11 is 0. The number of halogens is 2. The molecule has 3 rings (SSSR count). The lowest BCUT2D eigenvalue weighted by Crippen LogP contribution is -2.35. The molecule has 7 heteroatoms. The van der Waals surface area contributed by atoms with Crippen molar-refractivity contribution in [1.29, 1.82) is 0 Å². The Kier molecular flexibility index (Phi) is 7.00. The van der Waals surface area contributed by atoms with Crippen LogP contribution in [-0.2, 0) is 12.8 Å². The summed E-state index contributed by atoms with van der Waals surface area (Å²) in [5.74, 6) is -0.0721. The Hall–Kier alpha value is -1.92. The van der Waals surface area contributed by atoms with Crippen LogP contribution in [0.4, 0.5) is 4.39 Å². The first-order valence-corrected chi connectivity index (χ1v) is 9.27. The highest BCUT2D eigenvalue weighted by Gasteiger charge is 2.29. The Bertz CT molecular complexity index is 805. The number of hydrogen-bond acceptors (Lipinski definition) is 3. The molecule has 0 saturated carbocycles. The molecule has 0 bridgehead atoms. The van der Waals surface area contributed by atoms with Gasteiger partial charge in [-0.3, -0.25) is 4.79 Å². The number of rotatable bonds is 6. The number of amides is 1. The number of carbonyl (C=O) groups excluding carboxylic acids is 1. The van der Waals surface area contributed by atoms with Gasteiger partial charge in [-0.1, -0.05) is 26.0 Å². The molecule has 1 aromatic heterocycles. The van der Waals surface area contributed by atoms with Crippen LogP contribution in [0.1, 0.15) is 48.4 Å². The Morgan fingerprint density at radius 1 is 1.33 bits per heavy atom. The maximum Gasteiger partial charge on any atom is 0.274 e. The van der Waals surface area contributed by atoms with Gasteiger partial charge in [-0.25, -0.2) is 9.07 Å². The fourth-order valence-electron chi connectivity index (χ4n) is 3.39. The van der Waals surface area contributed by atoms with Crippen LogP contribution in [0.3, 0.4) is 0 Å². The Morgan fingerprint density at radius 2 is 2.04 bits per heavy atom. The summed E-state index contributed by atoms with van der Waals surface area (Å²) in [5, 5.41) is 4.50. The second kappa shape index (κ2) is 8.85. The molecule has 2 N–H and O–H groups in total. The predicted molar refractivity (Wildman–Crippen MR) is 107 cm³/mol. The van der Waals surface area contributed by atoms with E-state index < -0.39 is 0 Å². The normalized spacial score (nSPS) is 14.0. The SMILES string of the molecule is CC(C)C(N)CCN(C)C(=O)c1nn(-c2ccccc2F)c2c1CCC2.Cl. The molecule has 27 heavy (non-hydrogen) atoms. The number of nitrogens with two attached hydrogens (primary N) is 1. The number of hydrogen-bond donors (Lipinski definition) is 1. The summed E-state index contributed by atoms with van der Waals surface area (Å²) in [6.45, 7) is 4.74. The summed E-state index contributed by atoms with van der Waals surface area (Å²) in [4.78, 5) is 14.6. The van der Waals surface area contributed by atoms with Gasteiger partial charge in [0.05, 0.1) is 0 Å². The number of para-hydroxylation sites is 1. The van der Waals surface area contributed by atoms with E-state index in [1.165, 1.54) is 6.07 Å². The van der Waals surface area contributed by atoms with E-state index in [4.69, 9.17) is 5.73 Å². The second-order valence-corrected chi connectivity index (χ2v) is 7.41. The lowest BCUT2D eigenvalue weighted by atomic mass is 10.0. The number of carbonyl (C=O) groups is 1. The summed E-state index contributed by atoms with van der Waals surface area (Å²) in [6.07, 6.45) is 3.33. The highest BCUT2D eigenvalue weighted by Crippen LogP contribution is 2.29. The Balaban J connectivity index is 0.00000261. The van der Waals surface area contributed by atoms with E-state index in [1.54, 1.807) is 34.8 Å². The van der Waals surface area contributed by atoms with Crippen molar-refractivity contribution in [2.45, 2.75) is 45.6 Å². The van der Waals surface area contributed by atoms with Crippen LogP contribution >= 0.6 is 12.4 Å². The van der Waals surface area contributed by atoms with E-state index in [-0.39, 0.29) is 30.2 Å². The molecular formula is C20H28ClFN4O. The Morgan fingerprint density at radius 3 is 2.70 bits per heavy atom. The molecule has 0 radical (unpaired) electrons. The molecule has 2 aromatic rings. The number of fused-ring (bicyclic) bond motifs is 1. The molecule has 1 atom stereocenters. The van der Waals surface area contributed by atoms with Gasteiger partial charge in [0.25, 0.3) is 5.91 Å². The monoisotopic (exact) mass is 394 g/mol. The van der Waals surface area contributed by atoms with Crippen molar-refractivity contribution in [3.8, 4) is 5.69 Å². The van der Waals surface area contributed by atoms with E-state index in [0.29, 0.717) is 23.8 Å². The molecule has 0 spiro atoms. The van der Waals surface area contributed by atoms with Crippen molar-refractivity contribution >= 4 is 18.3 Å². The minimum atomic E-state index is -0.333. The van der Waals surface area contributed by atoms with Gasteiger partial charge < -0.3 is 10.6 Å². The molecule has 5 nitrogen and oxygen atoms in total. The minimum Gasteiger partial charge on any atom is -0.340 e. The third-order valence-electron chi connectivity index (χ3n) is 5.21. The minimum absolute atomic E-state index is 0. The van der Waals surface area contributed by atoms with Crippen molar-refractivity contribution in [2.24, 2.45) is 11.7 Å². The summed E-state index contributed by atoms with van der Waals surface area (Å²) in [5.41, 5.74) is 8.84. The van der Waals surface area contributed by atoms with Gasteiger partial charge in [0.15, 0.2) is 5.69 Å². The smallest absolute Gasteiger partial charge is 0.274 e. The Labute approximate surface area is 166 Å². The van der Waals surface area contributed by atoms with Crippen LogP contribution in [0.25, 0.3) is 5.69 Å². The average molecular weight is 395 g/mol. The lowest BCUT2D eigenvalue weighted by Gasteiger charge is -2.21. The zero-order valence-corrected chi connectivity index (χ0v) is 16.9. The van der Waals surface area contributed by atoms with E-state index in [2.05, 4.69) is 18.9 Å². The maximum atomic E-state index is 14.2. The quantitative estimate of drug-likeness (QED) is 0.816. The van der Waals surface area contributed by atoms with Crippen LogP contribution in [-0.4, -0.2) is 40.2 Å². The second-order valence-electron chi connectivity index (χ2n) is 7.41. The molecule has 148 valence electrons. The number of benzene rings is 1. The number of nitrogens with zero attached hydrogens (tertiary/aromatic N) is 3. The van der Waals surface area contributed by atoms with Gasteiger partial charge in [0.1, 0.15) is 11.5 Å². The van der Waals surface area contributed by atoms with Crippen LogP contribution in [0, 0.1) is 11.7 Å². The molecule has 1 aliphatic carbocycles. The van der Waals surface area contributed by atoms with Crippen LogP contribution in [0.15, 0.2) is 24.3 Å². The van der Waals surface area contributed by atoms with Gasteiger partial charge in [0, 0.05) is 30.9 Å². The van der Waals surface area contributed by atoms with E-state index >= 15 is 0 Å². The zero-order valence-electron chi connectivity index (χ0n) is 16.1. The molecule has 1 amide bonds. The molecule has 1 aromatic carbocycles. The van der Waals surface area contributed by atoms with Gasteiger partial charge in [-0.2, -0.15) is 5.10 Å². The number of aromatic nitrogens is 2. The highest BCUT2D eigenvalue weighted by molar-refractivity contribution is 5.94. The van der Waals surface area contributed by atoms with E-state index in [1.807, 2.05) is 0 Å². The topological polar surface area (TPSA) is 64.2 Å². The molecule has 1 aliphatic rings. The fraction of sp³-hybridized carbons (Fsp3) is 0.500. The van der Waals surface area contributed by atoms with Gasteiger partial charge in [-0.15, -0.1) is 12.4 Å². The first kappa shape index (κ1) is 21.4. The summed E-state index contributed by atoms with van der Waals surface area (Å²) in [7, 11) is 1.78. The standard InChI is InChI=1S/C20H27FN4O.ClH/c1-13(2)16(22)11-12-24(3)20(26)19-14-7-6-10-17(14)25(23-19)18-9-5-4-8-15(18)21;/h4-5,8-9,13,16H,6-7,10-12,22H2,1-3H3;1H. The maximum absolute atomic E-state index is 14.2. The third kappa shape index (κ3) is 4.33. The average Bonchev–Trinajstić information content (AvgIpc) is 3.21. The molecule has 0 aliphatic heterocycles. The van der Waals surface area contributed by atoms with Crippen molar-refractivity contribution in [3.05, 3.63) is 47.0 Å². The largest absolute Gasteiger partial charge is 0.340 e. The summed E-state index contributed by atoms with van der Waals surface area (Å²) < 4.78 is 15.8. The van der Waals surface area contributed by atoms with E-state index in [0.717, 1.165) is 36.9 Å². The first-order chi connectivity index (χ1) is 12.4. The van der Waals surface area contributed by atoms with Gasteiger partial charge >= 0.3 is 0 Å². The predicted octanol–water partition coefficient (Wildman–Crippen LogP) is 3.37. The van der Waals surface area contributed by atoms with Crippen LogP contribution in [0.2, 0.25) is 0 Å². The van der Waals surface area contributed by atoms with Crippen molar-refractivity contribution in [1.82, 2.24) is 14.7 Å². The summed E-state index contributed by atoms with van der Waals surface area (Å²) in [6, 6.07) is 6.61. The van der Waals surface area contributed by atoms with Crippen LogP contribution in [0.5, 0.6) is 0 Å². The van der Waals surface area contributed by atoms with Crippen molar-refractivity contribution in [3.63, 3.8) is 0 Å². The lowest BCUT2D eigenvalue weighted by molar-refractivity contribution is 0.0782.